The van der Waals surface area contributed by atoms with Crippen LogP contribution in [-0.2, 0) is 4.74 Å². The zero-order valence-corrected chi connectivity index (χ0v) is 9.55. The zero-order chi connectivity index (χ0) is 10.6. The molecule has 3 nitrogen and oxygen atoms in total. The monoisotopic (exact) mass is 201 g/mol. The second-order valence-electron chi connectivity index (χ2n) is 5.17. The third kappa shape index (κ3) is 4.94. The molecule has 1 fully saturated rings. The van der Waals surface area contributed by atoms with E-state index in [-0.39, 0.29) is 11.6 Å². The van der Waals surface area contributed by atoms with Crippen molar-refractivity contribution in [3.05, 3.63) is 0 Å². The van der Waals surface area contributed by atoms with Gasteiger partial charge in [-0.1, -0.05) is 0 Å². The molecule has 0 aromatic carbocycles. The molecule has 0 aromatic rings. The summed E-state index contributed by atoms with van der Waals surface area (Å²) in [4.78, 5) is 0. The maximum atomic E-state index is 9.59. The van der Waals surface area contributed by atoms with Crippen LogP contribution < -0.4 is 5.32 Å². The molecule has 1 unspecified atom stereocenters. The van der Waals surface area contributed by atoms with E-state index < -0.39 is 0 Å². The number of hydrogen-bond acceptors (Lipinski definition) is 3. The first-order chi connectivity index (χ1) is 6.47. The maximum absolute atomic E-state index is 9.59. The fraction of sp³-hybridized carbons (Fsp3) is 1.00. The van der Waals surface area contributed by atoms with Crippen molar-refractivity contribution < 1.29 is 9.84 Å². The van der Waals surface area contributed by atoms with Crippen molar-refractivity contribution in [1.29, 1.82) is 0 Å². The Morgan fingerprint density at radius 2 is 2.07 bits per heavy atom. The Labute approximate surface area is 86.8 Å². The lowest BCUT2D eigenvalue weighted by Crippen LogP contribution is -2.42. The SMILES string of the molecule is CC(C)(C)NCC(O)COC1CCC1. The fourth-order valence-corrected chi connectivity index (χ4v) is 1.27. The number of nitrogens with one attached hydrogen (secondary N) is 1. The standard InChI is InChI=1S/C11H23NO2/c1-11(2,3)12-7-9(13)8-14-10-5-4-6-10/h9-10,12-13H,4-8H2,1-3H3. The second-order valence-corrected chi connectivity index (χ2v) is 5.17. The van der Waals surface area contributed by atoms with E-state index in [1.807, 2.05) is 0 Å². The molecule has 0 bridgehead atoms. The van der Waals surface area contributed by atoms with E-state index in [0.29, 0.717) is 19.3 Å². The van der Waals surface area contributed by atoms with Crippen LogP contribution in [0.4, 0.5) is 0 Å². The molecule has 84 valence electrons. The van der Waals surface area contributed by atoms with Crippen LogP contribution in [0.2, 0.25) is 0 Å². The first-order valence-corrected chi connectivity index (χ1v) is 5.52. The maximum Gasteiger partial charge on any atom is 0.0898 e. The van der Waals surface area contributed by atoms with E-state index in [1.165, 1.54) is 19.3 Å². The van der Waals surface area contributed by atoms with Gasteiger partial charge in [0.05, 0.1) is 18.8 Å². The molecule has 1 atom stereocenters. The minimum atomic E-state index is -0.380. The molecule has 0 aliphatic heterocycles. The molecule has 1 aliphatic rings. The number of aliphatic hydroxyl groups is 1. The highest BCUT2D eigenvalue weighted by atomic mass is 16.5. The number of β-amino-alcohol motifs (C(OH)–C–C–N with tert-alkyl or cyclic N) is 1. The lowest BCUT2D eigenvalue weighted by atomic mass is 9.96. The van der Waals surface area contributed by atoms with Crippen molar-refractivity contribution in [2.24, 2.45) is 0 Å². The molecule has 0 saturated heterocycles. The molecule has 14 heavy (non-hydrogen) atoms. The molecule has 0 radical (unpaired) electrons. The molecule has 2 N–H and O–H groups in total. The van der Waals surface area contributed by atoms with Crippen molar-refractivity contribution in [2.75, 3.05) is 13.2 Å². The van der Waals surface area contributed by atoms with Crippen molar-refractivity contribution in [3.63, 3.8) is 0 Å². The van der Waals surface area contributed by atoms with Crippen LogP contribution in [0.15, 0.2) is 0 Å². The highest BCUT2D eigenvalue weighted by Gasteiger charge is 2.19. The van der Waals surface area contributed by atoms with E-state index in [0.717, 1.165) is 0 Å². The average Bonchev–Trinajstić information content (AvgIpc) is 1.96. The summed E-state index contributed by atoms with van der Waals surface area (Å²) >= 11 is 0. The Balaban J connectivity index is 2.00. The van der Waals surface area contributed by atoms with Gasteiger partial charge in [-0.05, 0) is 40.0 Å². The normalized spacial score (nSPS) is 20.6. The molecule has 1 aliphatic carbocycles. The van der Waals surface area contributed by atoms with Gasteiger partial charge in [-0.3, -0.25) is 0 Å². The van der Waals surface area contributed by atoms with Crippen LogP contribution >= 0.6 is 0 Å². The van der Waals surface area contributed by atoms with Gasteiger partial charge in [0.25, 0.3) is 0 Å². The van der Waals surface area contributed by atoms with E-state index >= 15 is 0 Å². The topological polar surface area (TPSA) is 41.5 Å². The van der Waals surface area contributed by atoms with Crippen LogP contribution in [0.1, 0.15) is 40.0 Å². The molecular weight excluding hydrogens is 178 g/mol. The van der Waals surface area contributed by atoms with E-state index in [1.54, 1.807) is 0 Å². The fourth-order valence-electron chi connectivity index (χ4n) is 1.27. The second kappa shape index (κ2) is 5.10. The van der Waals surface area contributed by atoms with Gasteiger partial charge in [-0.15, -0.1) is 0 Å². The lowest BCUT2D eigenvalue weighted by molar-refractivity contribution is -0.0420. The first-order valence-electron chi connectivity index (χ1n) is 5.52. The van der Waals surface area contributed by atoms with Crippen LogP contribution in [0.3, 0.4) is 0 Å². The Bertz CT molecular complexity index is 161. The van der Waals surface area contributed by atoms with Crippen molar-refractivity contribution >= 4 is 0 Å². The summed E-state index contributed by atoms with van der Waals surface area (Å²) < 4.78 is 5.51. The summed E-state index contributed by atoms with van der Waals surface area (Å²) in [5.74, 6) is 0. The minimum Gasteiger partial charge on any atom is -0.389 e. The highest BCUT2D eigenvalue weighted by molar-refractivity contribution is 4.74. The summed E-state index contributed by atoms with van der Waals surface area (Å²) in [6.45, 7) is 7.34. The largest absolute Gasteiger partial charge is 0.389 e. The molecular formula is C11H23NO2. The molecule has 0 spiro atoms. The van der Waals surface area contributed by atoms with Gasteiger partial charge in [0, 0.05) is 12.1 Å². The van der Waals surface area contributed by atoms with Crippen LogP contribution in [0, 0.1) is 0 Å². The Hall–Kier alpha value is -0.120. The van der Waals surface area contributed by atoms with Crippen molar-refractivity contribution in [1.82, 2.24) is 5.32 Å². The minimum absolute atomic E-state index is 0.0669. The number of ether oxygens (including phenoxy) is 1. The van der Waals surface area contributed by atoms with Crippen molar-refractivity contribution in [3.8, 4) is 0 Å². The van der Waals surface area contributed by atoms with E-state index in [4.69, 9.17) is 4.74 Å². The Kier molecular flexibility index (Phi) is 4.35. The van der Waals surface area contributed by atoms with Crippen LogP contribution in [0.25, 0.3) is 0 Å². The summed E-state index contributed by atoms with van der Waals surface area (Å²) in [7, 11) is 0. The smallest absolute Gasteiger partial charge is 0.0898 e. The van der Waals surface area contributed by atoms with Gasteiger partial charge in [-0.2, -0.15) is 0 Å². The molecule has 1 saturated carbocycles. The molecule has 0 amide bonds. The highest BCUT2D eigenvalue weighted by Crippen LogP contribution is 2.21. The van der Waals surface area contributed by atoms with Gasteiger partial charge in [-0.25, -0.2) is 0 Å². The van der Waals surface area contributed by atoms with Gasteiger partial charge in [0.15, 0.2) is 0 Å². The zero-order valence-electron chi connectivity index (χ0n) is 9.55. The summed E-state index contributed by atoms with van der Waals surface area (Å²) in [5.41, 5.74) is 0.0669. The molecule has 3 heteroatoms. The predicted octanol–water partition coefficient (Wildman–Crippen LogP) is 1.30. The first kappa shape index (κ1) is 12.0. The molecule has 1 rings (SSSR count). The van der Waals surface area contributed by atoms with Gasteiger partial charge >= 0.3 is 0 Å². The van der Waals surface area contributed by atoms with Gasteiger partial charge in [0.2, 0.25) is 0 Å². The molecule has 0 heterocycles. The average molecular weight is 201 g/mol. The Morgan fingerprint density at radius 1 is 1.43 bits per heavy atom. The summed E-state index contributed by atoms with van der Waals surface area (Å²) in [5, 5.41) is 12.8. The summed E-state index contributed by atoms with van der Waals surface area (Å²) in [6, 6.07) is 0. The van der Waals surface area contributed by atoms with Crippen LogP contribution in [-0.4, -0.2) is 36.0 Å². The quantitative estimate of drug-likeness (QED) is 0.704. The van der Waals surface area contributed by atoms with E-state index in [9.17, 15) is 5.11 Å². The number of hydrogen-bond donors (Lipinski definition) is 2. The summed E-state index contributed by atoms with van der Waals surface area (Å²) in [6.07, 6.45) is 3.65. The van der Waals surface area contributed by atoms with Crippen LogP contribution in [0.5, 0.6) is 0 Å². The lowest BCUT2D eigenvalue weighted by Gasteiger charge is -2.28. The van der Waals surface area contributed by atoms with Gasteiger partial charge in [0.1, 0.15) is 0 Å². The molecule has 0 aromatic heterocycles. The van der Waals surface area contributed by atoms with Gasteiger partial charge < -0.3 is 15.2 Å². The predicted molar refractivity (Wildman–Crippen MR) is 57.4 cm³/mol. The number of rotatable bonds is 5. The van der Waals surface area contributed by atoms with E-state index in [2.05, 4.69) is 26.1 Å². The number of aliphatic hydroxyl groups excluding tert-OH is 1. The Morgan fingerprint density at radius 3 is 2.50 bits per heavy atom. The third-order valence-electron chi connectivity index (χ3n) is 2.44. The third-order valence-corrected chi connectivity index (χ3v) is 2.44. The van der Waals surface area contributed by atoms with Crippen molar-refractivity contribution in [2.45, 2.75) is 57.8 Å².